The lowest BCUT2D eigenvalue weighted by Gasteiger charge is -2.41. The molecule has 3 fully saturated rings. The van der Waals surface area contributed by atoms with Gasteiger partial charge in [0.1, 0.15) is 0 Å². The second-order valence-corrected chi connectivity index (χ2v) is 10.1. The molecule has 3 aliphatic carbocycles. The smallest absolute Gasteiger partial charge is 0.0386 e. The van der Waals surface area contributed by atoms with Crippen LogP contribution in [0.5, 0.6) is 0 Å². The minimum Gasteiger partial charge on any atom is -0.0628 e. The van der Waals surface area contributed by atoms with E-state index in [1.807, 2.05) is 0 Å². The van der Waals surface area contributed by atoms with Crippen molar-refractivity contribution in [1.29, 1.82) is 0 Å². The summed E-state index contributed by atoms with van der Waals surface area (Å²) in [5, 5.41) is 0. The third kappa shape index (κ3) is 4.99. The van der Waals surface area contributed by atoms with Crippen molar-refractivity contribution in [3.63, 3.8) is 0 Å². The summed E-state index contributed by atoms with van der Waals surface area (Å²) in [6, 6.07) is 0. The first-order valence-corrected chi connectivity index (χ1v) is 11.1. The minimum atomic E-state index is 0.908. The molecule has 0 radical (unpaired) electrons. The van der Waals surface area contributed by atoms with Gasteiger partial charge in [0.15, 0.2) is 0 Å². The number of hydrogen-bond donors (Lipinski definition) is 0. The fraction of sp³-hybridized carbons (Fsp3) is 1.00. The van der Waals surface area contributed by atoms with Crippen LogP contribution < -0.4 is 0 Å². The van der Waals surface area contributed by atoms with Crippen molar-refractivity contribution >= 4 is 0 Å². The Labute approximate surface area is 146 Å². The van der Waals surface area contributed by atoms with Crippen molar-refractivity contribution in [3.8, 4) is 0 Å². The van der Waals surface area contributed by atoms with Crippen LogP contribution in [0, 0.1) is 41.4 Å². The zero-order valence-electron chi connectivity index (χ0n) is 16.2. The molecule has 0 heterocycles. The van der Waals surface area contributed by atoms with Crippen LogP contribution >= 0.6 is 0 Å². The summed E-state index contributed by atoms with van der Waals surface area (Å²) in [5.41, 5.74) is 0. The minimum absolute atomic E-state index is 0.908. The van der Waals surface area contributed by atoms with Gasteiger partial charge in [0.2, 0.25) is 0 Å². The van der Waals surface area contributed by atoms with Crippen LogP contribution in [0.25, 0.3) is 0 Å². The first-order chi connectivity index (χ1) is 11.1. The van der Waals surface area contributed by atoms with Crippen LogP contribution in [0.3, 0.4) is 0 Å². The van der Waals surface area contributed by atoms with Crippen LogP contribution in [0.15, 0.2) is 0 Å². The van der Waals surface area contributed by atoms with Gasteiger partial charge in [-0.05, 0) is 99.2 Å². The zero-order chi connectivity index (χ0) is 16.2. The van der Waals surface area contributed by atoms with E-state index < -0.39 is 0 Å². The molecule has 0 bridgehead atoms. The van der Waals surface area contributed by atoms with Gasteiger partial charge in [-0.25, -0.2) is 0 Å². The SMILES string of the molecule is CC(C)CC1CCC(C2CCC(C3CCC(C)CC3)CC2)CC1. The molecule has 0 amide bonds. The maximum absolute atomic E-state index is 2.46. The Hall–Kier alpha value is 0. The molecule has 0 N–H and O–H groups in total. The third-order valence-electron chi connectivity index (χ3n) is 7.91. The fourth-order valence-electron chi connectivity index (χ4n) is 6.41. The van der Waals surface area contributed by atoms with Crippen molar-refractivity contribution in [2.45, 2.75) is 104 Å². The molecular formula is C23H42. The molecule has 0 unspecified atom stereocenters. The quantitative estimate of drug-likeness (QED) is 0.504. The van der Waals surface area contributed by atoms with Gasteiger partial charge >= 0.3 is 0 Å². The summed E-state index contributed by atoms with van der Waals surface area (Å²) < 4.78 is 0. The van der Waals surface area contributed by atoms with Gasteiger partial charge in [-0.15, -0.1) is 0 Å². The largest absolute Gasteiger partial charge is 0.0628 e. The van der Waals surface area contributed by atoms with Gasteiger partial charge in [0.25, 0.3) is 0 Å². The van der Waals surface area contributed by atoms with E-state index in [2.05, 4.69) is 20.8 Å². The lowest BCUT2D eigenvalue weighted by Crippen LogP contribution is -2.29. The topological polar surface area (TPSA) is 0 Å². The van der Waals surface area contributed by atoms with Crippen LogP contribution in [0.2, 0.25) is 0 Å². The van der Waals surface area contributed by atoms with E-state index >= 15 is 0 Å². The van der Waals surface area contributed by atoms with Gasteiger partial charge in [-0.2, -0.15) is 0 Å². The summed E-state index contributed by atoms with van der Waals surface area (Å²) in [4.78, 5) is 0. The second-order valence-electron chi connectivity index (χ2n) is 10.1. The Morgan fingerprint density at radius 3 is 1.30 bits per heavy atom. The van der Waals surface area contributed by atoms with E-state index in [0.29, 0.717) is 0 Å². The molecule has 3 aliphatic rings. The molecule has 0 heteroatoms. The molecule has 0 aromatic carbocycles. The maximum atomic E-state index is 2.46. The van der Waals surface area contributed by atoms with Gasteiger partial charge in [-0.1, -0.05) is 46.5 Å². The molecule has 0 spiro atoms. The fourth-order valence-corrected chi connectivity index (χ4v) is 6.41. The number of rotatable bonds is 4. The average Bonchev–Trinajstić information content (AvgIpc) is 2.56. The molecule has 3 rings (SSSR count). The molecule has 134 valence electrons. The molecule has 3 saturated carbocycles. The maximum Gasteiger partial charge on any atom is -0.0386 e. The number of hydrogen-bond acceptors (Lipinski definition) is 0. The summed E-state index contributed by atoms with van der Waals surface area (Å²) >= 11 is 0. The van der Waals surface area contributed by atoms with E-state index in [9.17, 15) is 0 Å². The summed E-state index contributed by atoms with van der Waals surface area (Å²) in [6.07, 6.45) is 20.2. The zero-order valence-corrected chi connectivity index (χ0v) is 16.2. The summed E-state index contributed by atoms with van der Waals surface area (Å²) in [5.74, 6) is 7.41. The summed E-state index contributed by atoms with van der Waals surface area (Å²) in [6.45, 7) is 7.27. The third-order valence-corrected chi connectivity index (χ3v) is 7.91. The standard InChI is InChI=1S/C23H42/c1-17(2)16-19-6-10-21(11-7-19)23-14-12-22(13-15-23)20-8-4-18(3)5-9-20/h17-23H,4-16H2,1-3H3. The highest BCUT2D eigenvalue weighted by atomic mass is 14.4. The van der Waals surface area contributed by atoms with Gasteiger partial charge in [0.05, 0.1) is 0 Å². The van der Waals surface area contributed by atoms with Crippen molar-refractivity contribution < 1.29 is 0 Å². The lowest BCUT2D eigenvalue weighted by atomic mass is 9.65. The lowest BCUT2D eigenvalue weighted by molar-refractivity contribution is 0.103. The van der Waals surface area contributed by atoms with Crippen LogP contribution in [-0.4, -0.2) is 0 Å². The second kappa shape index (κ2) is 8.39. The Bertz CT molecular complexity index is 320. The highest BCUT2D eigenvalue weighted by molar-refractivity contribution is 4.85. The van der Waals surface area contributed by atoms with E-state index in [1.54, 1.807) is 64.2 Å². The molecule has 0 aromatic rings. The van der Waals surface area contributed by atoms with E-state index in [-0.39, 0.29) is 0 Å². The highest BCUT2D eigenvalue weighted by Gasteiger charge is 2.34. The average molecular weight is 319 g/mol. The van der Waals surface area contributed by atoms with Gasteiger partial charge in [0, 0.05) is 0 Å². The van der Waals surface area contributed by atoms with Crippen molar-refractivity contribution in [3.05, 3.63) is 0 Å². The molecule has 23 heavy (non-hydrogen) atoms. The van der Waals surface area contributed by atoms with E-state index in [4.69, 9.17) is 0 Å². The highest BCUT2D eigenvalue weighted by Crippen LogP contribution is 2.46. The van der Waals surface area contributed by atoms with Gasteiger partial charge < -0.3 is 0 Å². The van der Waals surface area contributed by atoms with Crippen LogP contribution in [0.1, 0.15) is 104 Å². The Balaban J connectivity index is 1.38. The van der Waals surface area contributed by atoms with Crippen molar-refractivity contribution in [2.75, 3.05) is 0 Å². The van der Waals surface area contributed by atoms with Gasteiger partial charge in [-0.3, -0.25) is 0 Å². The Morgan fingerprint density at radius 1 is 0.565 bits per heavy atom. The molecule has 0 nitrogen and oxygen atoms in total. The van der Waals surface area contributed by atoms with Crippen molar-refractivity contribution in [2.24, 2.45) is 41.4 Å². The van der Waals surface area contributed by atoms with Crippen LogP contribution in [0.4, 0.5) is 0 Å². The van der Waals surface area contributed by atoms with Crippen LogP contribution in [-0.2, 0) is 0 Å². The normalized spacial score (nSPS) is 42.8. The molecule has 0 aliphatic heterocycles. The molecule has 0 aromatic heterocycles. The first kappa shape index (κ1) is 17.8. The Morgan fingerprint density at radius 2 is 0.913 bits per heavy atom. The Kier molecular flexibility index (Phi) is 6.50. The predicted molar refractivity (Wildman–Crippen MR) is 101 cm³/mol. The molecule has 0 saturated heterocycles. The summed E-state index contributed by atoms with van der Waals surface area (Å²) in [7, 11) is 0. The first-order valence-electron chi connectivity index (χ1n) is 11.1. The van der Waals surface area contributed by atoms with Crippen molar-refractivity contribution in [1.82, 2.24) is 0 Å². The van der Waals surface area contributed by atoms with E-state index in [1.165, 1.54) is 19.3 Å². The molecule has 0 atom stereocenters. The predicted octanol–water partition coefficient (Wildman–Crippen LogP) is 7.47. The van der Waals surface area contributed by atoms with E-state index in [0.717, 1.165) is 41.4 Å². The molecular weight excluding hydrogens is 276 g/mol. The monoisotopic (exact) mass is 318 g/mol.